The van der Waals surface area contributed by atoms with Gasteiger partial charge in [0, 0.05) is 12.0 Å². The van der Waals surface area contributed by atoms with E-state index in [0.717, 1.165) is 0 Å². The summed E-state index contributed by atoms with van der Waals surface area (Å²) in [5.41, 5.74) is 5.04. The maximum atomic E-state index is 11.3. The lowest BCUT2D eigenvalue weighted by Crippen LogP contribution is -2.38. The fourth-order valence-corrected chi connectivity index (χ4v) is 2.80. The summed E-state index contributed by atoms with van der Waals surface area (Å²) >= 11 is 5.50. The van der Waals surface area contributed by atoms with Crippen molar-refractivity contribution in [1.29, 1.82) is 0 Å². The highest BCUT2D eigenvalue weighted by atomic mass is 35.5. The van der Waals surface area contributed by atoms with Gasteiger partial charge in [-0.05, 0) is 37.5 Å². The Hall–Kier alpha value is -1.02. The van der Waals surface area contributed by atoms with E-state index in [1.165, 1.54) is 22.3 Å². The normalized spacial score (nSPS) is 11.4. The van der Waals surface area contributed by atoms with Gasteiger partial charge in [0.25, 0.3) is 0 Å². The summed E-state index contributed by atoms with van der Waals surface area (Å²) in [5, 5.41) is 2.87. The highest BCUT2D eigenvalue weighted by Crippen LogP contribution is 2.29. The largest absolute Gasteiger partial charge is 0.354 e. The van der Waals surface area contributed by atoms with E-state index in [9.17, 15) is 4.79 Å². The molecule has 1 aromatic rings. The second-order valence-electron chi connectivity index (χ2n) is 5.57. The summed E-state index contributed by atoms with van der Waals surface area (Å²) in [6.45, 7) is 11.2. The lowest BCUT2D eigenvalue weighted by atomic mass is 9.79. The van der Waals surface area contributed by atoms with Crippen molar-refractivity contribution < 1.29 is 4.79 Å². The van der Waals surface area contributed by atoms with E-state index >= 15 is 0 Å². The number of aryl methyl sites for hydroxylation is 3. The van der Waals surface area contributed by atoms with E-state index < -0.39 is 0 Å². The fourth-order valence-electron chi connectivity index (χ4n) is 2.70. The minimum absolute atomic E-state index is 0.0158. The number of hydrogen-bond donors (Lipinski definition) is 1. The Morgan fingerprint density at radius 1 is 1.22 bits per heavy atom. The average Bonchev–Trinajstić information content (AvgIpc) is 2.24. The van der Waals surface area contributed by atoms with Gasteiger partial charge in [0.1, 0.15) is 5.88 Å². The van der Waals surface area contributed by atoms with Crippen molar-refractivity contribution in [2.75, 3.05) is 12.4 Å². The van der Waals surface area contributed by atoms with Crippen LogP contribution in [0, 0.1) is 20.8 Å². The Balaban J connectivity index is 3.01. The maximum Gasteiger partial charge on any atom is 0.234 e. The molecule has 0 fully saturated rings. The predicted molar refractivity (Wildman–Crippen MR) is 77.4 cm³/mol. The summed E-state index contributed by atoms with van der Waals surface area (Å²) in [6.07, 6.45) is 0. The minimum Gasteiger partial charge on any atom is -0.354 e. The number of hydrogen-bond acceptors (Lipinski definition) is 1. The fraction of sp³-hybridized carbons (Fsp3) is 0.533. The predicted octanol–water partition coefficient (Wildman–Crippen LogP) is 3.24. The van der Waals surface area contributed by atoms with Crippen LogP contribution in [-0.4, -0.2) is 18.3 Å². The molecule has 0 aliphatic carbocycles. The SMILES string of the molecule is Cc1cc(C)c(C(C)(C)CNC(=O)CCl)c(C)c1. The van der Waals surface area contributed by atoms with Crippen molar-refractivity contribution in [3.63, 3.8) is 0 Å². The molecule has 0 bridgehead atoms. The van der Waals surface area contributed by atoms with Gasteiger partial charge in [0.2, 0.25) is 5.91 Å². The first-order valence-corrected chi connectivity index (χ1v) is 6.72. The summed E-state index contributed by atoms with van der Waals surface area (Å²) in [7, 11) is 0. The molecule has 0 spiro atoms. The van der Waals surface area contributed by atoms with E-state index in [0.29, 0.717) is 6.54 Å². The van der Waals surface area contributed by atoms with Crippen molar-refractivity contribution in [1.82, 2.24) is 5.32 Å². The van der Waals surface area contributed by atoms with Crippen LogP contribution in [0.1, 0.15) is 36.1 Å². The van der Waals surface area contributed by atoms with Crippen molar-refractivity contribution in [3.8, 4) is 0 Å². The van der Waals surface area contributed by atoms with Gasteiger partial charge < -0.3 is 5.32 Å². The third-order valence-electron chi connectivity index (χ3n) is 3.20. The van der Waals surface area contributed by atoms with Gasteiger partial charge in [0.05, 0.1) is 0 Å². The standard InChI is InChI=1S/C15H22ClNO/c1-10-6-11(2)14(12(3)7-10)15(4,5)9-17-13(18)8-16/h6-7H,8-9H2,1-5H3,(H,17,18). The Kier molecular flexibility index (Phi) is 4.80. The molecule has 0 radical (unpaired) electrons. The van der Waals surface area contributed by atoms with E-state index in [-0.39, 0.29) is 17.2 Å². The van der Waals surface area contributed by atoms with Crippen LogP contribution in [0.5, 0.6) is 0 Å². The number of amides is 1. The monoisotopic (exact) mass is 267 g/mol. The Morgan fingerprint density at radius 2 is 1.72 bits per heavy atom. The summed E-state index contributed by atoms with van der Waals surface area (Å²) in [4.78, 5) is 11.3. The van der Waals surface area contributed by atoms with E-state index in [4.69, 9.17) is 11.6 Å². The van der Waals surface area contributed by atoms with Crippen molar-refractivity contribution in [2.24, 2.45) is 0 Å². The van der Waals surface area contributed by atoms with Crippen molar-refractivity contribution in [3.05, 3.63) is 34.4 Å². The number of benzene rings is 1. The molecule has 0 saturated heterocycles. The first-order valence-electron chi connectivity index (χ1n) is 6.19. The lowest BCUT2D eigenvalue weighted by Gasteiger charge is -2.29. The molecule has 3 heteroatoms. The minimum atomic E-state index is -0.118. The molecular formula is C15H22ClNO. The molecule has 0 heterocycles. The van der Waals surface area contributed by atoms with Gasteiger partial charge >= 0.3 is 0 Å². The average molecular weight is 268 g/mol. The first kappa shape index (κ1) is 15.0. The number of halogens is 1. The summed E-state index contributed by atoms with van der Waals surface area (Å²) in [5.74, 6) is -0.103. The van der Waals surface area contributed by atoms with Crippen LogP contribution < -0.4 is 5.32 Å². The molecule has 2 nitrogen and oxygen atoms in total. The number of alkyl halides is 1. The van der Waals surface area contributed by atoms with Crippen LogP contribution in [-0.2, 0) is 10.2 Å². The van der Waals surface area contributed by atoms with Gasteiger partial charge in [-0.3, -0.25) is 4.79 Å². The van der Waals surface area contributed by atoms with E-state index in [2.05, 4.69) is 52.1 Å². The number of carbonyl (C=O) groups is 1. The van der Waals surface area contributed by atoms with Gasteiger partial charge in [-0.1, -0.05) is 31.5 Å². The van der Waals surface area contributed by atoms with Crippen LogP contribution in [0.15, 0.2) is 12.1 Å². The molecule has 0 aliphatic rings. The topological polar surface area (TPSA) is 29.1 Å². The molecule has 0 saturated carbocycles. The van der Waals surface area contributed by atoms with Crippen LogP contribution in [0.4, 0.5) is 0 Å². The molecule has 1 aromatic carbocycles. The number of nitrogens with one attached hydrogen (secondary N) is 1. The van der Waals surface area contributed by atoms with Crippen molar-refractivity contribution in [2.45, 2.75) is 40.0 Å². The maximum absolute atomic E-state index is 11.3. The van der Waals surface area contributed by atoms with Crippen LogP contribution in [0.25, 0.3) is 0 Å². The molecule has 0 atom stereocenters. The van der Waals surface area contributed by atoms with Gasteiger partial charge in [-0.2, -0.15) is 0 Å². The molecule has 0 unspecified atom stereocenters. The molecule has 1 N–H and O–H groups in total. The second-order valence-corrected chi connectivity index (χ2v) is 5.84. The molecular weight excluding hydrogens is 246 g/mol. The summed E-state index contributed by atoms with van der Waals surface area (Å²) < 4.78 is 0. The molecule has 18 heavy (non-hydrogen) atoms. The lowest BCUT2D eigenvalue weighted by molar-refractivity contribution is -0.118. The molecule has 100 valence electrons. The molecule has 1 amide bonds. The van der Waals surface area contributed by atoms with E-state index in [1.807, 2.05) is 0 Å². The Labute approximate surface area is 115 Å². The zero-order valence-corrected chi connectivity index (χ0v) is 12.6. The Bertz CT molecular complexity index is 429. The highest BCUT2D eigenvalue weighted by Gasteiger charge is 2.25. The van der Waals surface area contributed by atoms with Crippen molar-refractivity contribution >= 4 is 17.5 Å². The zero-order chi connectivity index (χ0) is 13.9. The van der Waals surface area contributed by atoms with Gasteiger partial charge in [-0.25, -0.2) is 0 Å². The number of rotatable bonds is 4. The van der Waals surface area contributed by atoms with Crippen LogP contribution in [0.2, 0.25) is 0 Å². The summed E-state index contributed by atoms with van der Waals surface area (Å²) in [6, 6.07) is 4.38. The van der Waals surface area contributed by atoms with Crippen LogP contribution in [0.3, 0.4) is 0 Å². The molecule has 0 aromatic heterocycles. The van der Waals surface area contributed by atoms with Crippen LogP contribution >= 0.6 is 11.6 Å². The highest BCUT2D eigenvalue weighted by molar-refractivity contribution is 6.27. The first-order chi connectivity index (χ1) is 8.27. The van der Waals surface area contributed by atoms with Gasteiger partial charge in [-0.15, -0.1) is 11.6 Å². The molecule has 0 aliphatic heterocycles. The van der Waals surface area contributed by atoms with E-state index in [1.54, 1.807) is 0 Å². The second kappa shape index (κ2) is 5.75. The smallest absolute Gasteiger partial charge is 0.234 e. The Morgan fingerprint density at radius 3 is 2.17 bits per heavy atom. The number of carbonyl (C=O) groups excluding carboxylic acids is 1. The quantitative estimate of drug-likeness (QED) is 0.834. The van der Waals surface area contributed by atoms with Gasteiger partial charge in [0.15, 0.2) is 0 Å². The third kappa shape index (κ3) is 3.49. The molecule has 1 rings (SSSR count). The zero-order valence-electron chi connectivity index (χ0n) is 11.9. The third-order valence-corrected chi connectivity index (χ3v) is 3.45.